The summed E-state index contributed by atoms with van der Waals surface area (Å²) in [5.74, 6) is -0.991. The Bertz CT molecular complexity index is 1370. The van der Waals surface area contributed by atoms with Gasteiger partial charge in [-0.05, 0) is 22.6 Å². The van der Waals surface area contributed by atoms with Crippen LogP contribution in [0.1, 0.15) is 6.92 Å². The minimum atomic E-state index is -0.742. The minimum absolute atomic E-state index is 0.0129. The number of hydrogen-bond acceptors (Lipinski definition) is 6. The Morgan fingerprint density at radius 1 is 0.750 bits per heavy atom. The maximum absolute atomic E-state index is 12.2. The average Bonchev–Trinajstić information content (AvgIpc) is 2.78. The zero-order valence-corrected chi connectivity index (χ0v) is 16.8. The van der Waals surface area contributed by atoms with E-state index in [2.05, 4.69) is 0 Å². The Labute approximate surface area is 182 Å². The average molecular weight is 428 g/mol. The molecule has 0 saturated carbocycles. The first-order chi connectivity index (χ1) is 15.4. The molecule has 4 aromatic carbocycles. The zero-order valence-electron chi connectivity index (χ0n) is 16.8. The molecular weight excluding hydrogens is 412 g/mol. The molecule has 0 atom stereocenters. The van der Waals surface area contributed by atoms with Crippen molar-refractivity contribution in [2.75, 3.05) is 0 Å². The molecule has 8 heteroatoms. The number of non-ortho nitro benzene ring substituents is 1. The number of carbonyl (C=O) groups is 1. The molecule has 8 nitrogen and oxygen atoms in total. The number of nitro groups is 2. The molecule has 158 valence electrons. The molecule has 0 unspecified atom stereocenters. The van der Waals surface area contributed by atoms with Gasteiger partial charge in [0.05, 0.1) is 15.2 Å². The number of fused-ring (bicyclic) bond motifs is 1. The summed E-state index contributed by atoms with van der Waals surface area (Å²) in [6.07, 6.45) is 0. The number of nitrogens with zero attached hydrogens (tertiary/aromatic N) is 2. The number of rotatable bonds is 5. The van der Waals surface area contributed by atoms with Crippen molar-refractivity contribution in [3.63, 3.8) is 0 Å². The molecule has 0 aliphatic heterocycles. The van der Waals surface area contributed by atoms with Gasteiger partial charge in [-0.1, -0.05) is 60.7 Å². The lowest BCUT2D eigenvalue weighted by Gasteiger charge is -2.18. The molecule has 0 spiro atoms. The molecule has 0 aliphatic rings. The largest absolute Gasteiger partial charge is 0.419 e. The van der Waals surface area contributed by atoms with Crippen molar-refractivity contribution in [2.45, 2.75) is 6.92 Å². The molecule has 0 fully saturated rings. The first-order valence-corrected chi connectivity index (χ1v) is 9.60. The van der Waals surface area contributed by atoms with Gasteiger partial charge >= 0.3 is 11.7 Å². The third kappa shape index (κ3) is 3.65. The molecule has 0 saturated heterocycles. The van der Waals surface area contributed by atoms with Crippen LogP contribution < -0.4 is 4.74 Å². The van der Waals surface area contributed by atoms with Crippen LogP contribution in [-0.4, -0.2) is 15.8 Å². The van der Waals surface area contributed by atoms with E-state index in [9.17, 15) is 25.0 Å². The standard InChI is InChI=1S/C24H16N2O6/c1-15(27)32-24-22(17-10-6-3-7-11-17)21(16-8-4-2-5-9-16)19-13-12-18(25(28)29)14-20(19)23(24)26(30)31/h2-14H,1H3. The first kappa shape index (κ1) is 20.7. The summed E-state index contributed by atoms with van der Waals surface area (Å²) < 4.78 is 5.41. The van der Waals surface area contributed by atoms with Crippen molar-refractivity contribution in [3.05, 3.63) is 99.1 Å². The maximum Gasteiger partial charge on any atom is 0.320 e. The summed E-state index contributed by atoms with van der Waals surface area (Å²) in [5, 5.41) is 24.0. The smallest absolute Gasteiger partial charge is 0.320 e. The van der Waals surface area contributed by atoms with E-state index in [0.717, 1.165) is 13.0 Å². The molecule has 0 bridgehead atoms. The van der Waals surface area contributed by atoms with E-state index in [-0.39, 0.29) is 16.8 Å². The van der Waals surface area contributed by atoms with Crippen molar-refractivity contribution < 1.29 is 19.4 Å². The van der Waals surface area contributed by atoms with Gasteiger partial charge in [0.2, 0.25) is 5.75 Å². The molecule has 32 heavy (non-hydrogen) atoms. The van der Waals surface area contributed by atoms with Crippen LogP contribution >= 0.6 is 0 Å². The van der Waals surface area contributed by atoms with Gasteiger partial charge in [-0.15, -0.1) is 0 Å². The van der Waals surface area contributed by atoms with Crippen molar-refractivity contribution in [1.29, 1.82) is 0 Å². The van der Waals surface area contributed by atoms with Crippen LogP contribution in [0.5, 0.6) is 5.75 Å². The van der Waals surface area contributed by atoms with Gasteiger partial charge in [-0.3, -0.25) is 25.0 Å². The second-order valence-electron chi connectivity index (χ2n) is 7.00. The molecule has 4 rings (SSSR count). The second-order valence-corrected chi connectivity index (χ2v) is 7.00. The quantitative estimate of drug-likeness (QED) is 0.169. The topological polar surface area (TPSA) is 113 Å². The van der Waals surface area contributed by atoms with Crippen LogP contribution in [0, 0.1) is 20.2 Å². The maximum atomic E-state index is 12.2. The highest BCUT2D eigenvalue weighted by Crippen LogP contribution is 2.51. The monoisotopic (exact) mass is 428 g/mol. The Kier molecular flexibility index (Phi) is 5.34. The summed E-state index contributed by atoms with van der Waals surface area (Å²) in [4.78, 5) is 34.2. The van der Waals surface area contributed by atoms with Gasteiger partial charge in [0.25, 0.3) is 5.69 Å². The van der Waals surface area contributed by atoms with Gasteiger partial charge in [0.15, 0.2) is 0 Å². The van der Waals surface area contributed by atoms with Gasteiger partial charge in [0, 0.05) is 30.2 Å². The summed E-state index contributed by atoms with van der Waals surface area (Å²) in [6, 6.07) is 21.9. The van der Waals surface area contributed by atoms with Crippen molar-refractivity contribution in [3.8, 4) is 28.0 Å². The zero-order chi connectivity index (χ0) is 22.8. The van der Waals surface area contributed by atoms with Gasteiger partial charge in [-0.2, -0.15) is 0 Å². The van der Waals surface area contributed by atoms with Crippen LogP contribution in [0.4, 0.5) is 11.4 Å². The van der Waals surface area contributed by atoms with E-state index in [1.807, 2.05) is 30.3 Å². The normalized spacial score (nSPS) is 10.7. The fourth-order valence-corrected chi connectivity index (χ4v) is 3.76. The Morgan fingerprint density at radius 2 is 1.31 bits per heavy atom. The SMILES string of the molecule is CC(=O)Oc1c(-c2ccccc2)c(-c2ccccc2)c2ccc([N+](=O)[O-])cc2c1[N+](=O)[O-]. The summed E-state index contributed by atoms with van der Waals surface area (Å²) in [7, 11) is 0. The number of esters is 1. The summed E-state index contributed by atoms with van der Waals surface area (Å²) in [6.45, 7) is 1.15. The van der Waals surface area contributed by atoms with Crippen molar-refractivity contribution >= 4 is 28.1 Å². The fourth-order valence-electron chi connectivity index (χ4n) is 3.76. The third-order valence-corrected chi connectivity index (χ3v) is 4.98. The lowest BCUT2D eigenvalue weighted by atomic mass is 9.87. The van der Waals surface area contributed by atoms with Crippen LogP contribution in [0.3, 0.4) is 0 Å². The number of ether oxygens (including phenoxy) is 1. The summed E-state index contributed by atoms with van der Waals surface area (Å²) in [5.41, 5.74) is 1.45. The predicted molar refractivity (Wildman–Crippen MR) is 119 cm³/mol. The number of carbonyl (C=O) groups excluding carboxylic acids is 1. The summed E-state index contributed by atoms with van der Waals surface area (Å²) >= 11 is 0. The van der Waals surface area contributed by atoms with Crippen molar-refractivity contribution in [2.24, 2.45) is 0 Å². The number of nitro benzene ring substituents is 2. The number of hydrogen-bond donors (Lipinski definition) is 0. The van der Waals surface area contributed by atoms with Gasteiger partial charge in [-0.25, -0.2) is 0 Å². The van der Waals surface area contributed by atoms with E-state index in [1.54, 1.807) is 30.3 Å². The molecule has 0 amide bonds. The Hall–Kier alpha value is -4.59. The number of benzene rings is 4. The molecular formula is C24H16N2O6. The predicted octanol–water partition coefficient (Wildman–Crippen LogP) is 5.92. The fraction of sp³-hybridized carbons (Fsp3) is 0.0417. The molecule has 0 aromatic heterocycles. The molecule has 0 heterocycles. The highest BCUT2D eigenvalue weighted by molar-refractivity contribution is 6.12. The molecule has 4 aromatic rings. The Morgan fingerprint density at radius 3 is 1.81 bits per heavy atom. The molecule has 0 aliphatic carbocycles. The van der Waals surface area contributed by atoms with Gasteiger partial charge < -0.3 is 4.74 Å². The highest BCUT2D eigenvalue weighted by atomic mass is 16.6. The van der Waals surface area contributed by atoms with Gasteiger partial charge in [0.1, 0.15) is 0 Å². The lowest BCUT2D eigenvalue weighted by molar-refractivity contribution is -0.386. The molecule has 0 N–H and O–H groups in total. The highest BCUT2D eigenvalue weighted by Gasteiger charge is 2.31. The lowest BCUT2D eigenvalue weighted by Crippen LogP contribution is -2.07. The Balaban J connectivity index is 2.29. The third-order valence-electron chi connectivity index (χ3n) is 4.98. The van der Waals surface area contributed by atoms with Crippen LogP contribution in [0.2, 0.25) is 0 Å². The molecule has 0 radical (unpaired) electrons. The van der Waals surface area contributed by atoms with Crippen LogP contribution in [0.25, 0.3) is 33.0 Å². The van der Waals surface area contributed by atoms with E-state index in [1.165, 1.54) is 12.1 Å². The van der Waals surface area contributed by atoms with E-state index < -0.39 is 21.5 Å². The van der Waals surface area contributed by atoms with Crippen molar-refractivity contribution in [1.82, 2.24) is 0 Å². The van der Waals surface area contributed by atoms with E-state index >= 15 is 0 Å². The minimum Gasteiger partial charge on any atom is -0.419 e. The van der Waals surface area contributed by atoms with E-state index in [0.29, 0.717) is 27.6 Å². The first-order valence-electron chi connectivity index (χ1n) is 9.60. The van der Waals surface area contributed by atoms with Crippen LogP contribution in [-0.2, 0) is 4.79 Å². The van der Waals surface area contributed by atoms with E-state index in [4.69, 9.17) is 4.74 Å². The van der Waals surface area contributed by atoms with Crippen LogP contribution in [0.15, 0.2) is 78.9 Å². The second kappa shape index (κ2) is 8.27.